The Balaban J connectivity index is 1.69. The Morgan fingerprint density at radius 1 is 1.43 bits per heavy atom. The van der Waals surface area contributed by atoms with Crippen molar-refractivity contribution in [1.29, 1.82) is 0 Å². The van der Waals surface area contributed by atoms with Crippen molar-refractivity contribution in [3.8, 4) is 23.0 Å². The van der Waals surface area contributed by atoms with E-state index < -0.39 is 28.4 Å². The zero-order chi connectivity index (χ0) is 20.1. The van der Waals surface area contributed by atoms with Crippen molar-refractivity contribution < 1.29 is 29.0 Å². The maximum absolute atomic E-state index is 12.2. The smallest absolute Gasteiger partial charge is 0.315 e. The number of hydrogen-bond acceptors (Lipinski definition) is 8. The van der Waals surface area contributed by atoms with Crippen LogP contribution in [0.25, 0.3) is 0 Å². The number of nitrogens with one attached hydrogen (secondary N) is 1. The van der Waals surface area contributed by atoms with Crippen LogP contribution >= 0.6 is 0 Å². The first-order valence-corrected chi connectivity index (χ1v) is 8.35. The van der Waals surface area contributed by atoms with Crippen LogP contribution in [0.15, 0.2) is 41.5 Å². The summed E-state index contributed by atoms with van der Waals surface area (Å²) in [6.07, 6.45) is 0.310. The lowest BCUT2D eigenvalue weighted by Gasteiger charge is -2.24. The molecule has 1 amide bonds. The van der Waals surface area contributed by atoms with E-state index >= 15 is 0 Å². The minimum atomic E-state index is -0.889. The normalized spacial score (nSPS) is 15.2. The summed E-state index contributed by atoms with van der Waals surface area (Å²) in [6.45, 7) is 1.91. The van der Waals surface area contributed by atoms with Crippen LogP contribution in [0.4, 0.5) is 5.69 Å². The first-order valence-electron chi connectivity index (χ1n) is 8.35. The number of carbonyl (C=O) groups excluding carboxylic acids is 1. The molecule has 0 aliphatic carbocycles. The van der Waals surface area contributed by atoms with Crippen molar-refractivity contribution >= 4 is 17.8 Å². The first kappa shape index (κ1) is 19.0. The summed E-state index contributed by atoms with van der Waals surface area (Å²) in [7, 11) is 0. The van der Waals surface area contributed by atoms with E-state index in [0.717, 1.165) is 6.07 Å². The predicted octanol–water partition coefficient (Wildman–Crippen LogP) is 1.99. The fraction of sp³-hybridized carbons (Fsp3) is 0.222. The number of nitro benzene ring substituents is 1. The number of hydrogen-bond donors (Lipinski definition) is 2. The van der Waals surface area contributed by atoms with Gasteiger partial charge in [0.1, 0.15) is 6.61 Å². The highest BCUT2D eigenvalue weighted by atomic mass is 16.6. The number of phenolic OH excluding ortho intramolecular Hbond substituents is 1. The third-order valence-corrected chi connectivity index (χ3v) is 3.76. The lowest BCUT2D eigenvalue weighted by molar-refractivity contribution is -0.386. The third-order valence-electron chi connectivity index (χ3n) is 3.76. The molecule has 0 saturated heterocycles. The van der Waals surface area contributed by atoms with Gasteiger partial charge in [0.25, 0.3) is 5.91 Å². The Labute approximate surface area is 159 Å². The molecule has 1 heterocycles. The average Bonchev–Trinajstić information content (AvgIpc) is 2.69. The van der Waals surface area contributed by atoms with Crippen LogP contribution in [0.1, 0.15) is 12.5 Å². The van der Waals surface area contributed by atoms with E-state index in [0.29, 0.717) is 11.5 Å². The number of ether oxygens (including phenoxy) is 3. The van der Waals surface area contributed by atoms with Crippen LogP contribution in [-0.2, 0) is 4.79 Å². The minimum Gasteiger partial charge on any atom is -0.500 e. The fourth-order valence-electron chi connectivity index (χ4n) is 2.48. The molecule has 2 aromatic carbocycles. The Morgan fingerprint density at radius 2 is 2.18 bits per heavy atom. The molecular formula is C18H17N3O7. The molecule has 0 spiro atoms. The van der Waals surface area contributed by atoms with Gasteiger partial charge in [-0.25, -0.2) is 5.43 Å². The maximum Gasteiger partial charge on any atom is 0.315 e. The monoisotopic (exact) mass is 387 g/mol. The second kappa shape index (κ2) is 8.25. The summed E-state index contributed by atoms with van der Waals surface area (Å²) in [5.41, 5.74) is 2.03. The van der Waals surface area contributed by atoms with E-state index in [1.165, 1.54) is 12.3 Å². The van der Waals surface area contributed by atoms with Crippen molar-refractivity contribution in [3.63, 3.8) is 0 Å². The van der Waals surface area contributed by atoms with Gasteiger partial charge in [-0.05, 0) is 25.1 Å². The Kier molecular flexibility index (Phi) is 5.58. The molecule has 0 bridgehead atoms. The average molecular weight is 387 g/mol. The van der Waals surface area contributed by atoms with E-state index in [4.69, 9.17) is 14.2 Å². The molecule has 0 unspecified atom stereocenters. The van der Waals surface area contributed by atoms with Crippen molar-refractivity contribution in [2.75, 3.05) is 13.2 Å². The number of amides is 1. The largest absolute Gasteiger partial charge is 0.500 e. The number of benzene rings is 2. The summed E-state index contributed by atoms with van der Waals surface area (Å²) < 4.78 is 16.2. The molecule has 1 aliphatic heterocycles. The summed E-state index contributed by atoms with van der Waals surface area (Å²) in [6, 6.07) is 9.45. The van der Waals surface area contributed by atoms with Crippen LogP contribution in [0.2, 0.25) is 0 Å². The lowest BCUT2D eigenvalue weighted by Crippen LogP contribution is -2.42. The van der Waals surface area contributed by atoms with Crippen molar-refractivity contribution in [1.82, 2.24) is 5.43 Å². The Hall–Kier alpha value is -3.82. The molecule has 2 aromatic rings. The van der Waals surface area contributed by atoms with E-state index in [9.17, 15) is 20.0 Å². The summed E-state index contributed by atoms with van der Waals surface area (Å²) in [5, 5.41) is 24.7. The number of para-hydroxylation sites is 2. The molecule has 146 valence electrons. The highest BCUT2D eigenvalue weighted by Crippen LogP contribution is 2.36. The topological polar surface area (TPSA) is 133 Å². The second-order valence-electron chi connectivity index (χ2n) is 5.68. The molecule has 0 radical (unpaired) electrons. The second-order valence-corrected chi connectivity index (χ2v) is 5.68. The molecule has 10 nitrogen and oxygen atoms in total. The molecule has 3 rings (SSSR count). The SMILES string of the molecule is CCOc1cc(C=NNC(=O)[C@H]2COc3ccccc3O2)cc([N+](=O)[O-])c1O. The van der Waals surface area contributed by atoms with Crippen LogP contribution in [-0.4, -0.2) is 41.5 Å². The quantitative estimate of drug-likeness (QED) is 0.440. The predicted molar refractivity (Wildman–Crippen MR) is 98.0 cm³/mol. The Morgan fingerprint density at radius 3 is 2.89 bits per heavy atom. The van der Waals surface area contributed by atoms with Gasteiger partial charge < -0.3 is 19.3 Å². The number of phenols is 1. The number of rotatable bonds is 6. The van der Waals surface area contributed by atoms with Gasteiger partial charge in [0.15, 0.2) is 17.2 Å². The van der Waals surface area contributed by atoms with Crippen LogP contribution in [0.3, 0.4) is 0 Å². The highest BCUT2D eigenvalue weighted by molar-refractivity contribution is 5.86. The molecule has 0 aromatic heterocycles. The first-order chi connectivity index (χ1) is 13.5. The highest BCUT2D eigenvalue weighted by Gasteiger charge is 2.27. The van der Waals surface area contributed by atoms with Gasteiger partial charge in [0.05, 0.1) is 17.7 Å². The zero-order valence-electron chi connectivity index (χ0n) is 14.8. The molecule has 1 atom stereocenters. The van der Waals surface area contributed by atoms with Crippen LogP contribution in [0, 0.1) is 10.1 Å². The molecule has 10 heteroatoms. The number of hydrazone groups is 1. The van der Waals surface area contributed by atoms with Gasteiger partial charge in [-0.2, -0.15) is 5.10 Å². The van der Waals surface area contributed by atoms with Crippen molar-refractivity contribution in [2.24, 2.45) is 5.10 Å². The zero-order valence-corrected chi connectivity index (χ0v) is 14.8. The molecular weight excluding hydrogens is 370 g/mol. The number of aromatic hydroxyl groups is 1. The standard InChI is InChI=1S/C18H17N3O7/c1-2-26-15-8-11(7-12(17(15)22)21(24)25)9-19-20-18(23)16-10-27-13-5-3-4-6-14(13)28-16/h3-9,16,22H,2,10H2,1H3,(H,20,23)/t16-/m1/s1. The number of nitro groups is 1. The molecule has 0 saturated carbocycles. The number of nitrogens with zero attached hydrogens (tertiary/aromatic N) is 2. The van der Waals surface area contributed by atoms with E-state index in [2.05, 4.69) is 10.5 Å². The molecule has 2 N–H and O–H groups in total. The third kappa shape index (κ3) is 4.11. The molecule has 0 fully saturated rings. The fourth-order valence-corrected chi connectivity index (χ4v) is 2.48. The lowest BCUT2D eigenvalue weighted by atomic mass is 10.2. The van der Waals surface area contributed by atoms with Gasteiger partial charge in [0, 0.05) is 11.6 Å². The minimum absolute atomic E-state index is 0.0253. The van der Waals surface area contributed by atoms with Gasteiger partial charge >= 0.3 is 5.69 Å². The van der Waals surface area contributed by atoms with Crippen molar-refractivity contribution in [3.05, 3.63) is 52.1 Å². The summed E-state index contributed by atoms with van der Waals surface area (Å²) in [4.78, 5) is 22.5. The van der Waals surface area contributed by atoms with E-state index in [-0.39, 0.29) is 24.5 Å². The van der Waals surface area contributed by atoms with Gasteiger partial charge in [-0.3, -0.25) is 14.9 Å². The molecule has 1 aliphatic rings. The van der Waals surface area contributed by atoms with Crippen LogP contribution < -0.4 is 19.6 Å². The summed E-state index contributed by atoms with van der Waals surface area (Å²) >= 11 is 0. The van der Waals surface area contributed by atoms with Crippen molar-refractivity contribution in [2.45, 2.75) is 13.0 Å². The van der Waals surface area contributed by atoms with Crippen LogP contribution in [0.5, 0.6) is 23.0 Å². The number of fused-ring (bicyclic) bond motifs is 1. The molecule has 28 heavy (non-hydrogen) atoms. The van der Waals surface area contributed by atoms with Gasteiger partial charge in [-0.1, -0.05) is 12.1 Å². The summed E-state index contributed by atoms with van der Waals surface area (Å²) in [5.74, 6) is -0.156. The maximum atomic E-state index is 12.2. The van der Waals surface area contributed by atoms with Gasteiger partial charge in [-0.15, -0.1) is 0 Å². The number of carbonyl (C=O) groups is 1. The van der Waals surface area contributed by atoms with Gasteiger partial charge in [0.2, 0.25) is 11.9 Å². The Bertz CT molecular complexity index is 929. The van der Waals surface area contributed by atoms with E-state index in [1.54, 1.807) is 31.2 Å². The van der Waals surface area contributed by atoms with E-state index in [1.807, 2.05) is 0 Å².